The van der Waals surface area contributed by atoms with Crippen LogP contribution < -0.4 is 14.2 Å². The van der Waals surface area contributed by atoms with Crippen molar-refractivity contribution in [2.45, 2.75) is 19.0 Å². The van der Waals surface area contributed by atoms with Gasteiger partial charge in [0, 0.05) is 24.6 Å². The van der Waals surface area contributed by atoms with E-state index >= 15 is 0 Å². The molecule has 3 rings (SSSR count). The van der Waals surface area contributed by atoms with Gasteiger partial charge in [-0.15, -0.1) is 0 Å². The minimum atomic E-state index is -2.98. The van der Waals surface area contributed by atoms with Crippen LogP contribution in [0.3, 0.4) is 0 Å². The van der Waals surface area contributed by atoms with Crippen LogP contribution in [-0.2, 0) is 0 Å². The Kier molecular flexibility index (Phi) is 5.78. The molecule has 0 aliphatic carbocycles. The SMILES string of the molecule is COc1ccc(OC)c([C@@H]2CCN(C(=O)c3ccccc3OC(F)F)C2)c1. The Balaban J connectivity index is 1.80. The Morgan fingerprint density at radius 3 is 2.59 bits per heavy atom. The van der Waals surface area contributed by atoms with Crippen LogP contribution in [0.5, 0.6) is 17.2 Å². The van der Waals surface area contributed by atoms with E-state index in [9.17, 15) is 13.6 Å². The zero-order valence-electron chi connectivity index (χ0n) is 15.2. The van der Waals surface area contributed by atoms with Crippen LogP contribution in [0.1, 0.15) is 28.3 Å². The summed E-state index contributed by atoms with van der Waals surface area (Å²) in [5.41, 5.74) is 1.10. The zero-order valence-corrected chi connectivity index (χ0v) is 15.2. The molecule has 27 heavy (non-hydrogen) atoms. The second-order valence-corrected chi connectivity index (χ2v) is 6.22. The molecule has 0 radical (unpaired) electrons. The molecule has 5 nitrogen and oxygen atoms in total. The molecule has 2 aromatic rings. The molecule has 1 amide bonds. The molecule has 1 fully saturated rings. The molecule has 1 atom stereocenters. The van der Waals surface area contributed by atoms with Crippen LogP contribution in [0.15, 0.2) is 42.5 Å². The highest BCUT2D eigenvalue weighted by Gasteiger charge is 2.31. The molecular formula is C20H21F2NO4. The van der Waals surface area contributed by atoms with Gasteiger partial charge in [-0.1, -0.05) is 12.1 Å². The first kappa shape index (κ1) is 18.9. The maximum atomic E-state index is 12.8. The Bertz CT molecular complexity index is 812. The van der Waals surface area contributed by atoms with Crippen LogP contribution >= 0.6 is 0 Å². The summed E-state index contributed by atoms with van der Waals surface area (Å²) >= 11 is 0. The lowest BCUT2D eigenvalue weighted by molar-refractivity contribution is -0.0502. The fourth-order valence-electron chi connectivity index (χ4n) is 3.37. The van der Waals surface area contributed by atoms with Gasteiger partial charge in [0.05, 0.1) is 19.8 Å². The Hall–Kier alpha value is -2.83. The maximum Gasteiger partial charge on any atom is 0.387 e. The number of halogens is 2. The van der Waals surface area contributed by atoms with E-state index in [1.54, 1.807) is 31.3 Å². The molecule has 0 aromatic heterocycles. The quantitative estimate of drug-likeness (QED) is 0.765. The number of alkyl halides is 2. The summed E-state index contributed by atoms with van der Waals surface area (Å²) in [5, 5.41) is 0. The summed E-state index contributed by atoms with van der Waals surface area (Å²) in [4.78, 5) is 14.5. The molecule has 1 saturated heterocycles. The number of benzene rings is 2. The van der Waals surface area contributed by atoms with E-state index in [0.29, 0.717) is 18.8 Å². The summed E-state index contributed by atoms with van der Waals surface area (Å²) in [5.74, 6) is 1.08. The number of carbonyl (C=O) groups excluding carboxylic acids is 1. The molecule has 0 bridgehead atoms. The Morgan fingerprint density at radius 2 is 1.89 bits per heavy atom. The maximum absolute atomic E-state index is 12.8. The van der Waals surface area contributed by atoms with Crippen molar-refractivity contribution in [3.05, 3.63) is 53.6 Å². The molecule has 144 valence electrons. The second-order valence-electron chi connectivity index (χ2n) is 6.22. The fourth-order valence-corrected chi connectivity index (χ4v) is 3.37. The van der Waals surface area contributed by atoms with E-state index in [0.717, 1.165) is 17.7 Å². The zero-order chi connectivity index (χ0) is 19.4. The summed E-state index contributed by atoms with van der Waals surface area (Å²) in [6.45, 7) is -2.00. The number of methoxy groups -OCH3 is 2. The van der Waals surface area contributed by atoms with Gasteiger partial charge < -0.3 is 19.1 Å². The van der Waals surface area contributed by atoms with E-state index in [-0.39, 0.29) is 23.1 Å². The van der Waals surface area contributed by atoms with E-state index in [2.05, 4.69) is 4.74 Å². The van der Waals surface area contributed by atoms with Crippen LogP contribution in [0.2, 0.25) is 0 Å². The number of hydrogen-bond acceptors (Lipinski definition) is 4. The van der Waals surface area contributed by atoms with Crippen LogP contribution in [0.4, 0.5) is 8.78 Å². The van der Waals surface area contributed by atoms with Gasteiger partial charge in [0.15, 0.2) is 0 Å². The summed E-state index contributed by atoms with van der Waals surface area (Å²) < 4.78 is 40.4. The van der Waals surface area contributed by atoms with Crippen molar-refractivity contribution in [3.8, 4) is 17.2 Å². The summed E-state index contributed by atoms with van der Waals surface area (Å²) in [6, 6.07) is 11.6. The lowest BCUT2D eigenvalue weighted by Crippen LogP contribution is -2.29. The number of ether oxygens (including phenoxy) is 3. The van der Waals surface area contributed by atoms with Gasteiger partial charge in [-0.05, 0) is 36.8 Å². The molecule has 0 unspecified atom stereocenters. The first-order chi connectivity index (χ1) is 13.0. The summed E-state index contributed by atoms with van der Waals surface area (Å²) in [7, 11) is 3.19. The third kappa shape index (κ3) is 4.13. The van der Waals surface area contributed by atoms with E-state index < -0.39 is 6.61 Å². The van der Waals surface area contributed by atoms with Crippen molar-refractivity contribution in [1.29, 1.82) is 0 Å². The van der Waals surface area contributed by atoms with Gasteiger partial charge in [-0.25, -0.2) is 0 Å². The lowest BCUT2D eigenvalue weighted by Gasteiger charge is -2.20. The minimum Gasteiger partial charge on any atom is -0.497 e. The van der Waals surface area contributed by atoms with Gasteiger partial charge >= 0.3 is 6.61 Å². The number of hydrogen-bond donors (Lipinski definition) is 0. The van der Waals surface area contributed by atoms with Crippen molar-refractivity contribution in [1.82, 2.24) is 4.90 Å². The van der Waals surface area contributed by atoms with E-state index in [4.69, 9.17) is 9.47 Å². The molecular weight excluding hydrogens is 356 g/mol. The smallest absolute Gasteiger partial charge is 0.387 e. The van der Waals surface area contributed by atoms with Crippen LogP contribution in [0.25, 0.3) is 0 Å². The number of likely N-dealkylation sites (tertiary alicyclic amines) is 1. The van der Waals surface area contributed by atoms with Gasteiger partial charge in [0.1, 0.15) is 17.2 Å². The number of para-hydroxylation sites is 1. The average Bonchev–Trinajstić information content (AvgIpc) is 3.17. The molecule has 7 heteroatoms. The Morgan fingerprint density at radius 1 is 1.11 bits per heavy atom. The third-order valence-electron chi connectivity index (χ3n) is 4.69. The topological polar surface area (TPSA) is 48.0 Å². The van der Waals surface area contributed by atoms with Crippen molar-refractivity contribution in [3.63, 3.8) is 0 Å². The van der Waals surface area contributed by atoms with Crippen molar-refractivity contribution in [2.75, 3.05) is 27.3 Å². The first-order valence-corrected chi connectivity index (χ1v) is 8.58. The van der Waals surface area contributed by atoms with Gasteiger partial charge in [-0.2, -0.15) is 8.78 Å². The largest absolute Gasteiger partial charge is 0.497 e. The number of carbonyl (C=O) groups is 1. The van der Waals surface area contributed by atoms with Gasteiger partial charge in [0.2, 0.25) is 0 Å². The van der Waals surface area contributed by atoms with Crippen molar-refractivity contribution in [2.24, 2.45) is 0 Å². The fraction of sp³-hybridized carbons (Fsp3) is 0.350. The average molecular weight is 377 g/mol. The molecule has 0 saturated carbocycles. The van der Waals surface area contributed by atoms with Crippen LogP contribution in [0, 0.1) is 0 Å². The van der Waals surface area contributed by atoms with Crippen molar-refractivity contribution >= 4 is 5.91 Å². The highest BCUT2D eigenvalue weighted by atomic mass is 19.3. The molecule has 0 spiro atoms. The third-order valence-corrected chi connectivity index (χ3v) is 4.69. The predicted molar refractivity (Wildman–Crippen MR) is 95.9 cm³/mol. The minimum absolute atomic E-state index is 0.0715. The van der Waals surface area contributed by atoms with E-state index in [1.807, 2.05) is 18.2 Å². The second kappa shape index (κ2) is 8.24. The molecule has 2 aromatic carbocycles. The number of amides is 1. The Labute approximate surface area is 156 Å². The van der Waals surface area contributed by atoms with Crippen molar-refractivity contribution < 1.29 is 27.8 Å². The van der Waals surface area contributed by atoms with E-state index in [1.165, 1.54) is 12.1 Å². The highest BCUT2D eigenvalue weighted by Crippen LogP contribution is 2.37. The number of nitrogens with zero attached hydrogens (tertiary/aromatic N) is 1. The normalized spacial score (nSPS) is 16.5. The van der Waals surface area contributed by atoms with Crippen LogP contribution in [-0.4, -0.2) is 44.7 Å². The summed E-state index contributed by atoms with van der Waals surface area (Å²) in [6.07, 6.45) is 0.743. The molecule has 1 heterocycles. The molecule has 0 N–H and O–H groups in total. The van der Waals surface area contributed by atoms with Gasteiger partial charge in [-0.3, -0.25) is 4.79 Å². The first-order valence-electron chi connectivity index (χ1n) is 8.58. The molecule has 1 aliphatic rings. The van der Waals surface area contributed by atoms with Gasteiger partial charge in [0.25, 0.3) is 5.91 Å². The standard InChI is InChI=1S/C20H21F2NO4/c1-25-14-7-8-17(26-2)16(11-14)13-9-10-23(12-13)19(24)15-5-3-4-6-18(15)27-20(21)22/h3-8,11,13,20H,9-10,12H2,1-2H3/t13-/m1/s1. The lowest BCUT2D eigenvalue weighted by atomic mass is 9.97. The monoisotopic (exact) mass is 377 g/mol. The predicted octanol–water partition coefficient (Wildman–Crippen LogP) is 3.93. The highest BCUT2D eigenvalue weighted by molar-refractivity contribution is 5.97. The number of rotatable bonds is 6. The molecule has 1 aliphatic heterocycles.